The first kappa shape index (κ1) is 17.6. The monoisotopic (exact) mass is 364 g/mol. The summed E-state index contributed by atoms with van der Waals surface area (Å²) in [5, 5.41) is 15.8. The molecule has 0 radical (unpaired) electrons. The Morgan fingerprint density at radius 3 is 2.30 bits per heavy atom. The standard InChI is InChI=1S/C22H21FN2O2/c1-15-2-4-16(5-3-15)20-14-21(22(27)12-10-19(26)11-13-22)24-25(20)18-8-6-17(23)7-9-18/h2-9,14,27H,10-13H2,1H3. The Bertz CT molecular complexity index is 902. The van der Waals surface area contributed by atoms with E-state index >= 15 is 0 Å². The summed E-state index contributed by atoms with van der Waals surface area (Å²) in [5.74, 6) is -0.135. The van der Waals surface area contributed by atoms with E-state index in [0.717, 1.165) is 16.8 Å². The second-order valence-electron chi connectivity index (χ2n) is 7.24. The Balaban J connectivity index is 1.83. The van der Waals surface area contributed by atoms with Gasteiger partial charge in [0.15, 0.2) is 0 Å². The van der Waals surface area contributed by atoms with Crippen LogP contribution in [-0.4, -0.2) is 20.7 Å². The minimum Gasteiger partial charge on any atom is -0.383 e. The Labute approximate surface area is 157 Å². The van der Waals surface area contributed by atoms with Gasteiger partial charge < -0.3 is 5.11 Å². The van der Waals surface area contributed by atoms with E-state index in [1.54, 1.807) is 16.8 Å². The van der Waals surface area contributed by atoms with Crippen LogP contribution in [0.2, 0.25) is 0 Å². The molecule has 2 aromatic carbocycles. The average Bonchev–Trinajstić information content (AvgIpc) is 3.12. The Morgan fingerprint density at radius 2 is 1.67 bits per heavy atom. The maximum absolute atomic E-state index is 13.4. The summed E-state index contributed by atoms with van der Waals surface area (Å²) in [5.41, 5.74) is 3.08. The normalized spacial score (nSPS) is 16.5. The predicted molar refractivity (Wildman–Crippen MR) is 101 cm³/mol. The van der Waals surface area contributed by atoms with E-state index in [-0.39, 0.29) is 11.6 Å². The lowest BCUT2D eigenvalue weighted by atomic mass is 9.82. The third-order valence-corrected chi connectivity index (χ3v) is 5.24. The molecule has 0 spiro atoms. The van der Waals surface area contributed by atoms with Crippen molar-refractivity contribution in [1.29, 1.82) is 0 Å². The highest BCUT2D eigenvalue weighted by Gasteiger charge is 2.37. The molecule has 0 saturated heterocycles. The summed E-state index contributed by atoms with van der Waals surface area (Å²) in [4.78, 5) is 11.6. The number of rotatable bonds is 3. The lowest BCUT2D eigenvalue weighted by Gasteiger charge is -2.29. The van der Waals surface area contributed by atoms with Crippen LogP contribution in [0.15, 0.2) is 54.6 Å². The van der Waals surface area contributed by atoms with Crippen LogP contribution in [0.5, 0.6) is 0 Å². The number of carbonyl (C=O) groups excluding carboxylic acids is 1. The lowest BCUT2D eigenvalue weighted by Crippen LogP contribution is -2.32. The Morgan fingerprint density at radius 1 is 1.04 bits per heavy atom. The highest BCUT2D eigenvalue weighted by atomic mass is 19.1. The highest BCUT2D eigenvalue weighted by molar-refractivity contribution is 5.79. The largest absolute Gasteiger partial charge is 0.383 e. The van der Waals surface area contributed by atoms with Crippen molar-refractivity contribution in [3.05, 3.63) is 71.7 Å². The van der Waals surface area contributed by atoms with E-state index < -0.39 is 5.60 Å². The van der Waals surface area contributed by atoms with E-state index in [4.69, 9.17) is 0 Å². The zero-order valence-corrected chi connectivity index (χ0v) is 15.2. The fourth-order valence-electron chi connectivity index (χ4n) is 3.52. The second kappa shape index (κ2) is 6.74. The number of aliphatic hydroxyl groups is 1. The molecule has 0 bridgehead atoms. The molecule has 138 valence electrons. The lowest BCUT2D eigenvalue weighted by molar-refractivity contribution is -0.125. The van der Waals surface area contributed by atoms with Crippen LogP contribution in [0.1, 0.15) is 36.9 Å². The molecule has 0 unspecified atom stereocenters. The van der Waals surface area contributed by atoms with E-state index in [2.05, 4.69) is 5.10 Å². The number of Topliss-reactive ketones (excluding diaryl/α,β-unsaturated/α-hetero) is 1. The molecule has 5 heteroatoms. The van der Waals surface area contributed by atoms with Crippen LogP contribution < -0.4 is 0 Å². The molecule has 1 aliphatic carbocycles. The number of halogens is 1. The summed E-state index contributed by atoms with van der Waals surface area (Å²) >= 11 is 0. The van der Waals surface area contributed by atoms with Gasteiger partial charge in [-0.05, 0) is 50.1 Å². The third kappa shape index (κ3) is 3.43. The third-order valence-electron chi connectivity index (χ3n) is 5.24. The molecular weight excluding hydrogens is 343 g/mol. The predicted octanol–water partition coefficient (Wildman–Crippen LogP) is 4.32. The average molecular weight is 364 g/mol. The number of ketones is 1. The maximum atomic E-state index is 13.4. The SMILES string of the molecule is Cc1ccc(-c2cc(C3(O)CCC(=O)CC3)nn2-c2ccc(F)cc2)cc1. The van der Waals surface area contributed by atoms with Crippen molar-refractivity contribution >= 4 is 5.78 Å². The maximum Gasteiger partial charge on any atom is 0.133 e. The van der Waals surface area contributed by atoms with Gasteiger partial charge in [0.2, 0.25) is 0 Å². The van der Waals surface area contributed by atoms with Gasteiger partial charge in [0.1, 0.15) is 17.2 Å². The first-order chi connectivity index (χ1) is 12.9. The molecule has 1 aromatic heterocycles. The zero-order valence-electron chi connectivity index (χ0n) is 15.2. The van der Waals surface area contributed by atoms with Gasteiger partial charge in [0, 0.05) is 18.4 Å². The van der Waals surface area contributed by atoms with Crippen molar-refractivity contribution < 1.29 is 14.3 Å². The van der Waals surface area contributed by atoms with Crippen molar-refractivity contribution in [2.45, 2.75) is 38.2 Å². The van der Waals surface area contributed by atoms with Crippen LogP contribution >= 0.6 is 0 Å². The van der Waals surface area contributed by atoms with Gasteiger partial charge in [-0.15, -0.1) is 0 Å². The number of benzene rings is 2. The smallest absolute Gasteiger partial charge is 0.133 e. The molecular formula is C22H21FN2O2. The quantitative estimate of drug-likeness (QED) is 0.753. The highest BCUT2D eigenvalue weighted by Crippen LogP contribution is 2.37. The van der Waals surface area contributed by atoms with Gasteiger partial charge >= 0.3 is 0 Å². The second-order valence-corrected chi connectivity index (χ2v) is 7.24. The molecule has 0 amide bonds. The summed E-state index contributed by atoms with van der Waals surface area (Å²) in [7, 11) is 0. The van der Waals surface area contributed by atoms with E-state index in [1.807, 2.05) is 37.3 Å². The summed E-state index contributed by atoms with van der Waals surface area (Å²) in [6.45, 7) is 2.02. The van der Waals surface area contributed by atoms with Crippen LogP contribution in [0.3, 0.4) is 0 Å². The van der Waals surface area contributed by atoms with Gasteiger partial charge in [-0.2, -0.15) is 5.10 Å². The fraction of sp³-hybridized carbons (Fsp3) is 0.273. The van der Waals surface area contributed by atoms with Gasteiger partial charge in [-0.3, -0.25) is 4.79 Å². The number of hydrogen-bond donors (Lipinski definition) is 1. The molecule has 1 saturated carbocycles. The van der Waals surface area contributed by atoms with Gasteiger partial charge in [-0.1, -0.05) is 29.8 Å². The van der Waals surface area contributed by atoms with E-state index in [1.165, 1.54) is 12.1 Å². The van der Waals surface area contributed by atoms with Crippen molar-refractivity contribution in [3.63, 3.8) is 0 Å². The number of aromatic nitrogens is 2. The number of nitrogens with zero attached hydrogens (tertiary/aromatic N) is 2. The molecule has 1 aliphatic rings. The Kier molecular flexibility index (Phi) is 4.40. The van der Waals surface area contributed by atoms with Crippen molar-refractivity contribution in [1.82, 2.24) is 9.78 Å². The van der Waals surface area contributed by atoms with Gasteiger partial charge in [0.25, 0.3) is 0 Å². The van der Waals surface area contributed by atoms with Crippen molar-refractivity contribution in [3.8, 4) is 16.9 Å². The van der Waals surface area contributed by atoms with E-state index in [0.29, 0.717) is 37.1 Å². The molecule has 0 aliphatic heterocycles. The molecule has 1 fully saturated rings. The summed E-state index contributed by atoms with van der Waals surface area (Å²) in [6, 6.07) is 16.0. The Hall–Kier alpha value is -2.79. The minimum atomic E-state index is -1.11. The topological polar surface area (TPSA) is 55.1 Å². The molecule has 0 atom stereocenters. The van der Waals surface area contributed by atoms with E-state index in [9.17, 15) is 14.3 Å². The fourth-order valence-corrected chi connectivity index (χ4v) is 3.52. The van der Waals surface area contributed by atoms with Crippen molar-refractivity contribution in [2.24, 2.45) is 0 Å². The van der Waals surface area contributed by atoms with Crippen molar-refractivity contribution in [2.75, 3.05) is 0 Å². The molecule has 1 N–H and O–H groups in total. The van der Waals surface area contributed by atoms with Crippen LogP contribution in [0.25, 0.3) is 16.9 Å². The molecule has 27 heavy (non-hydrogen) atoms. The minimum absolute atomic E-state index is 0.177. The zero-order chi connectivity index (χ0) is 19.0. The van der Waals surface area contributed by atoms with Crippen LogP contribution in [-0.2, 0) is 10.4 Å². The van der Waals surface area contributed by atoms with Gasteiger partial charge in [-0.25, -0.2) is 9.07 Å². The van der Waals surface area contributed by atoms with Crippen LogP contribution in [0.4, 0.5) is 4.39 Å². The first-order valence-electron chi connectivity index (χ1n) is 9.12. The number of aryl methyl sites for hydroxylation is 1. The first-order valence-corrected chi connectivity index (χ1v) is 9.12. The van der Waals surface area contributed by atoms with Crippen LogP contribution in [0, 0.1) is 12.7 Å². The number of carbonyl (C=O) groups is 1. The summed E-state index contributed by atoms with van der Waals surface area (Å²) < 4.78 is 15.1. The molecule has 1 heterocycles. The molecule has 3 aromatic rings. The number of hydrogen-bond acceptors (Lipinski definition) is 3. The molecule has 4 nitrogen and oxygen atoms in total. The van der Waals surface area contributed by atoms with Gasteiger partial charge in [0.05, 0.1) is 17.1 Å². The summed E-state index contributed by atoms with van der Waals surface area (Å²) in [6.07, 6.45) is 1.47. The molecule has 4 rings (SSSR count).